The molecule has 2 aromatic heterocycles. The van der Waals surface area contributed by atoms with E-state index in [4.69, 9.17) is 14.9 Å². The van der Waals surface area contributed by atoms with Crippen molar-refractivity contribution in [3.63, 3.8) is 0 Å². The first-order valence-corrected chi connectivity index (χ1v) is 5.60. The van der Waals surface area contributed by atoms with Gasteiger partial charge in [-0.2, -0.15) is 0 Å². The average Bonchev–Trinajstić information content (AvgIpc) is 2.98. The molecule has 0 atom stereocenters. The van der Waals surface area contributed by atoms with Gasteiger partial charge in [-0.25, -0.2) is 4.98 Å². The Morgan fingerprint density at radius 2 is 2.28 bits per heavy atom. The molecule has 0 saturated heterocycles. The van der Waals surface area contributed by atoms with E-state index in [0.29, 0.717) is 12.5 Å². The van der Waals surface area contributed by atoms with Crippen LogP contribution in [0.1, 0.15) is 5.76 Å². The fraction of sp³-hybridized carbons (Fsp3) is 0.154. The zero-order valence-electron chi connectivity index (χ0n) is 9.96. The van der Waals surface area contributed by atoms with Crippen molar-refractivity contribution >= 4 is 17.0 Å². The van der Waals surface area contributed by atoms with Gasteiger partial charge in [0.15, 0.2) is 0 Å². The van der Waals surface area contributed by atoms with Gasteiger partial charge in [-0.1, -0.05) is 0 Å². The minimum atomic E-state index is 0.467. The topological polar surface area (TPSA) is 66.2 Å². The molecular formula is C13H13N3O2. The minimum Gasteiger partial charge on any atom is -0.497 e. The van der Waals surface area contributed by atoms with E-state index in [-0.39, 0.29) is 0 Å². The van der Waals surface area contributed by atoms with Crippen LogP contribution in [0.3, 0.4) is 0 Å². The van der Waals surface area contributed by atoms with Gasteiger partial charge < -0.3 is 19.5 Å². The van der Waals surface area contributed by atoms with Crippen molar-refractivity contribution in [3.05, 3.63) is 42.4 Å². The molecule has 3 rings (SSSR count). The number of fused-ring (bicyclic) bond motifs is 1. The molecule has 0 unspecified atom stereocenters. The second kappa shape index (κ2) is 4.10. The van der Waals surface area contributed by atoms with Crippen LogP contribution in [0.5, 0.6) is 5.75 Å². The van der Waals surface area contributed by atoms with Gasteiger partial charge in [0.1, 0.15) is 11.5 Å². The number of benzene rings is 1. The van der Waals surface area contributed by atoms with Gasteiger partial charge in [-0.15, -0.1) is 0 Å². The second-order valence-corrected chi connectivity index (χ2v) is 3.99. The summed E-state index contributed by atoms with van der Waals surface area (Å²) in [6, 6.07) is 9.47. The van der Waals surface area contributed by atoms with Crippen molar-refractivity contribution < 1.29 is 9.15 Å². The zero-order valence-corrected chi connectivity index (χ0v) is 9.96. The number of anilines is 1. The van der Waals surface area contributed by atoms with Crippen LogP contribution >= 0.6 is 0 Å². The van der Waals surface area contributed by atoms with Gasteiger partial charge in [0.25, 0.3) is 0 Å². The van der Waals surface area contributed by atoms with Crippen molar-refractivity contribution in [2.24, 2.45) is 0 Å². The summed E-state index contributed by atoms with van der Waals surface area (Å²) < 4.78 is 12.4. The first kappa shape index (κ1) is 10.7. The Balaban J connectivity index is 2.08. The molecule has 2 N–H and O–H groups in total. The number of rotatable bonds is 3. The number of hydrogen-bond acceptors (Lipinski definition) is 4. The summed E-state index contributed by atoms with van der Waals surface area (Å²) in [5.74, 6) is 2.08. The van der Waals surface area contributed by atoms with Crippen LogP contribution in [0.25, 0.3) is 11.0 Å². The molecule has 0 aliphatic heterocycles. The number of furan rings is 1. The summed E-state index contributed by atoms with van der Waals surface area (Å²) in [4.78, 5) is 4.32. The fourth-order valence-corrected chi connectivity index (χ4v) is 1.98. The second-order valence-electron chi connectivity index (χ2n) is 3.99. The SMILES string of the molecule is COc1ccc2c(c1)nc(N)n2Cc1ccco1. The van der Waals surface area contributed by atoms with Gasteiger partial charge in [-0.05, 0) is 24.3 Å². The Kier molecular flexibility index (Phi) is 2.44. The summed E-state index contributed by atoms with van der Waals surface area (Å²) in [6.07, 6.45) is 1.65. The van der Waals surface area contributed by atoms with Crippen molar-refractivity contribution in [2.45, 2.75) is 6.54 Å². The van der Waals surface area contributed by atoms with Gasteiger partial charge >= 0.3 is 0 Å². The Bertz CT molecular complexity index is 671. The van der Waals surface area contributed by atoms with Crippen molar-refractivity contribution in [1.29, 1.82) is 0 Å². The molecule has 0 amide bonds. The molecule has 5 nitrogen and oxygen atoms in total. The summed E-state index contributed by atoms with van der Waals surface area (Å²) in [5.41, 5.74) is 7.71. The number of nitrogens with zero attached hydrogens (tertiary/aromatic N) is 2. The number of ether oxygens (including phenoxy) is 1. The Labute approximate surface area is 104 Å². The van der Waals surface area contributed by atoms with Gasteiger partial charge in [0, 0.05) is 6.07 Å². The number of hydrogen-bond donors (Lipinski definition) is 1. The van der Waals surface area contributed by atoms with E-state index in [1.165, 1.54) is 0 Å². The number of nitrogens with two attached hydrogens (primary N) is 1. The largest absolute Gasteiger partial charge is 0.497 e. The van der Waals surface area contributed by atoms with E-state index in [1.54, 1.807) is 13.4 Å². The van der Waals surface area contributed by atoms with E-state index in [0.717, 1.165) is 22.5 Å². The lowest BCUT2D eigenvalue weighted by Gasteiger charge is -2.04. The lowest BCUT2D eigenvalue weighted by atomic mass is 10.3. The highest BCUT2D eigenvalue weighted by Gasteiger charge is 2.10. The molecule has 0 spiro atoms. The smallest absolute Gasteiger partial charge is 0.201 e. The number of aromatic nitrogens is 2. The maximum Gasteiger partial charge on any atom is 0.201 e. The molecular weight excluding hydrogens is 230 g/mol. The van der Waals surface area contributed by atoms with E-state index < -0.39 is 0 Å². The number of nitrogen functional groups attached to an aromatic ring is 1. The molecule has 0 bridgehead atoms. The molecule has 0 aliphatic rings. The molecule has 0 fully saturated rings. The normalized spacial score (nSPS) is 10.9. The molecule has 2 heterocycles. The summed E-state index contributed by atoms with van der Waals surface area (Å²) in [6.45, 7) is 0.571. The van der Waals surface area contributed by atoms with Crippen LogP contribution in [0.2, 0.25) is 0 Å². The summed E-state index contributed by atoms with van der Waals surface area (Å²) >= 11 is 0. The Morgan fingerprint density at radius 3 is 3.00 bits per heavy atom. The van der Waals surface area contributed by atoms with E-state index in [2.05, 4.69) is 4.98 Å². The molecule has 92 valence electrons. The van der Waals surface area contributed by atoms with E-state index >= 15 is 0 Å². The average molecular weight is 243 g/mol. The molecule has 0 aliphatic carbocycles. The standard InChI is InChI=1S/C13H13N3O2/c1-17-9-4-5-12-11(7-9)15-13(14)16(12)8-10-3-2-6-18-10/h2-7H,8H2,1H3,(H2,14,15). The highest BCUT2D eigenvalue weighted by Crippen LogP contribution is 2.23. The summed E-state index contributed by atoms with van der Waals surface area (Å²) in [7, 11) is 1.63. The van der Waals surface area contributed by atoms with Crippen LogP contribution in [0.15, 0.2) is 41.0 Å². The van der Waals surface area contributed by atoms with Gasteiger partial charge in [-0.3, -0.25) is 0 Å². The molecule has 1 aromatic carbocycles. The first-order valence-electron chi connectivity index (χ1n) is 5.60. The van der Waals surface area contributed by atoms with Crippen molar-refractivity contribution in [2.75, 3.05) is 12.8 Å². The highest BCUT2D eigenvalue weighted by molar-refractivity contribution is 5.80. The summed E-state index contributed by atoms with van der Waals surface area (Å²) in [5, 5.41) is 0. The third kappa shape index (κ3) is 1.69. The third-order valence-electron chi connectivity index (χ3n) is 2.88. The maximum atomic E-state index is 5.93. The van der Waals surface area contributed by atoms with Crippen LogP contribution < -0.4 is 10.5 Å². The van der Waals surface area contributed by atoms with Crippen molar-refractivity contribution in [3.8, 4) is 5.75 Å². The van der Waals surface area contributed by atoms with E-state index in [1.807, 2.05) is 34.9 Å². The van der Waals surface area contributed by atoms with Crippen LogP contribution in [0.4, 0.5) is 5.95 Å². The Morgan fingerprint density at radius 1 is 1.39 bits per heavy atom. The molecule has 5 heteroatoms. The predicted octanol–water partition coefficient (Wildman–Crippen LogP) is 2.27. The van der Waals surface area contributed by atoms with Gasteiger partial charge in [0.05, 0.1) is 31.0 Å². The quantitative estimate of drug-likeness (QED) is 0.766. The molecule has 3 aromatic rings. The van der Waals surface area contributed by atoms with Crippen LogP contribution in [-0.2, 0) is 6.54 Å². The lowest BCUT2D eigenvalue weighted by molar-refractivity contribution is 0.415. The first-order chi connectivity index (χ1) is 8.78. The minimum absolute atomic E-state index is 0.467. The number of methoxy groups -OCH3 is 1. The molecule has 18 heavy (non-hydrogen) atoms. The highest BCUT2D eigenvalue weighted by atomic mass is 16.5. The lowest BCUT2D eigenvalue weighted by Crippen LogP contribution is -2.03. The fourth-order valence-electron chi connectivity index (χ4n) is 1.98. The third-order valence-corrected chi connectivity index (χ3v) is 2.88. The Hall–Kier alpha value is -2.43. The van der Waals surface area contributed by atoms with Crippen molar-refractivity contribution in [1.82, 2.24) is 9.55 Å². The molecule has 0 saturated carbocycles. The van der Waals surface area contributed by atoms with Crippen LogP contribution in [-0.4, -0.2) is 16.7 Å². The number of imidazole rings is 1. The van der Waals surface area contributed by atoms with Crippen LogP contribution in [0, 0.1) is 0 Å². The zero-order chi connectivity index (χ0) is 12.5. The maximum absolute atomic E-state index is 5.93. The monoisotopic (exact) mass is 243 g/mol. The van der Waals surface area contributed by atoms with Gasteiger partial charge in [0.2, 0.25) is 5.95 Å². The predicted molar refractivity (Wildman–Crippen MR) is 68.5 cm³/mol. The molecule has 0 radical (unpaired) electrons. The van der Waals surface area contributed by atoms with E-state index in [9.17, 15) is 0 Å².